The van der Waals surface area contributed by atoms with Gasteiger partial charge in [0.1, 0.15) is 0 Å². The van der Waals surface area contributed by atoms with Gasteiger partial charge in [0.2, 0.25) is 5.91 Å². The molecule has 0 heterocycles. The van der Waals surface area contributed by atoms with Gasteiger partial charge in [-0.3, -0.25) is 4.79 Å². The number of nitrogens with one attached hydrogen (secondary N) is 2. The van der Waals surface area contributed by atoms with Gasteiger partial charge >= 0.3 is 0 Å². The van der Waals surface area contributed by atoms with E-state index < -0.39 is 0 Å². The first-order valence-electron chi connectivity index (χ1n) is 9.51. The Kier molecular flexibility index (Phi) is 11.7. The molecule has 0 saturated carbocycles. The third-order valence-corrected chi connectivity index (χ3v) is 5.57. The van der Waals surface area contributed by atoms with Crippen molar-refractivity contribution in [1.82, 2.24) is 10.6 Å². The molecule has 28 heavy (non-hydrogen) atoms. The standard InChI is InChI=1S/C22H32ClN3OS/c1-5-19(23)14-21(17(3)24)28-16(2)11-12-22(27)26-20(15-25-4)13-18-9-7-6-8-10-18/h6-10,14,20,25H,2,5,11-13,15,24H2,1,3-4H3,(H,26,27)/b19-14+,21-17-. The van der Waals surface area contributed by atoms with Crippen molar-refractivity contribution in [2.75, 3.05) is 13.6 Å². The summed E-state index contributed by atoms with van der Waals surface area (Å²) in [7, 11) is 1.89. The van der Waals surface area contributed by atoms with Gasteiger partial charge < -0.3 is 16.4 Å². The zero-order valence-corrected chi connectivity index (χ0v) is 18.6. The fourth-order valence-corrected chi connectivity index (χ4v) is 3.60. The zero-order valence-electron chi connectivity index (χ0n) is 17.1. The molecule has 6 heteroatoms. The molecule has 1 aromatic rings. The summed E-state index contributed by atoms with van der Waals surface area (Å²) >= 11 is 7.60. The van der Waals surface area contributed by atoms with E-state index in [1.54, 1.807) is 0 Å². The molecule has 0 fully saturated rings. The van der Waals surface area contributed by atoms with E-state index in [4.69, 9.17) is 17.3 Å². The van der Waals surface area contributed by atoms with Gasteiger partial charge in [-0.15, -0.1) is 0 Å². The summed E-state index contributed by atoms with van der Waals surface area (Å²) in [5.74, 6) is 0.0232. The lowest BCUT2D eigenvalue weighted by molar-refractivity contribution is -0.121. The van der Waals surface area contributed by atoms with Crippen LogP contribution < -0.4 is 16.4 Å². The second-order valence-electron chi connectivity index (χ2n) is 6.64. The highest BCUT2D eigenvalue weighted by Crippen LogP contribution is 2.31. The van der Waals surface area contributed by atoms with Crippen LogP contribution in [0.25, 0.3) is 0 Å². The molecule has 0 spiro atoms. The Morgan fingerprint density at radius 3 is 2.57 bits per heavy atom. The summed E-state index contributed by atoms with van der Waals surface area (Å²) < 4.78 is 0. The number of rotatable bonds is 12. The second kappa shape index (κ2) is 13.5. The molecule has 0 bridgehead atoms. The predicted octanol–water partition coefficient (Wildman–Crippen LogP) is 4.68. The maximum Gasteiger partial charge on any atom is 0.220 e. The van der Waals surface area contributed by atoms with Crippen LogP contribution in [-0.2, 0) is 11.2 Å². The number of thioether (sulfide) groups is 1. The van der Waals surface area contributed by atoms with Crippen molar-refractivity contribution in [3.8, 4) is 0 Å². The molecule has 1 aromatic carbocycles. The molecule has 1 amide bonds. The van der Waals surface area contributed by atoms with E-state index in [9.17, 15) is 4.79 Å². The number of hydrogen-bond donors (Lipinski definition) is 3. The van der Waals surface area contributed by atoms with Gasteiger partial charge in [0.15, 0.2) is 0 Å². The Bertz CT molecular complexity index is 697. The highest BCUT2D eigenvalue weighted by atomic mass is 35.5. The molecule has 1 unspecified atom stereocenters. The molecule has 4 N–H and O–H groups in total. The predicted molar refractivity (Wildman–Crippen MR) is 123 cm³/mol. The summed E-state index contributed by atoms with van der Waals surface area (Å²) in [4.78, 5) is 14.2. The van der Waals surface area contributed by atoms with Gasteiger partial charge in [-0.05, 0) is 49.8 Å². The number of amides is 1. The first kappa shape index (κ1) is 24.3. The Morgan fingerprint density at radius 2 is 2.00 bits per heavy atom. The summed E-state index contributed by atoms with van der Waals surface area (Å²) in [6.07, 6.45) is 4.39. The summed E-state index contributed by atoms with van der Waals surface area (Å²) in [5, 5.41) is 7.01. The maximum atomic E-state index is 12.4. The lowest BCUT2D eigenvalue weighted by Gasteiger charge is -2.19. The van der Waals surface area contributed by atoms with E-state index in [0.29, 0.717) is 18.5 Å². The van der Waals surface area contributed by atoms with Crippen LogP contribution in [0.2, 0.25) is 0 Å². The first-order chi connectivity index (χ1) is 13.3. The highest BCUT2D eigenvalue weighted by molar-refractivity contribution is 8.06. The van der Waals surface area contributed by atoms with E-state index in [1.807, 2.05) is 45.2 Å². The molecule has 0 radical (unpaired) electrons. The fourth-order valence-electron chi connectivity index (χ4n) is 2.55. The molecule has 0 saturated heterocycles. The van der Waals surface area contributed by atoms with Crippen LogP contribution in [0.4, 0.5) is 0 Å². The minimum absolute atomic E-state index is 0.0232. The van der Waals surface area contributed by atoms with Crippen LogP contribution in [0.5, 0.6) is 0 Å². The number of nitrogens with two attached hydrogens (primary N) is 1. The number of carbonyl (C=O) groups is 1. The number of halogens is 1. The molecule has 0 aliphatic rings. The molecule has 0 aliphatic carbocycles. The molecule has 0 aliphatic heterocycles. The number of benzene rings is 1. The number of allylic oxidation sites excluding steroid dienone is 4. The number of hydrogen-bond acceptors (Lipinski definition) is 4. The molecular formula is C22H32ClN3OS. The highest BCUT2D eigenvalue weighted by Gasteiger charge is 2.13. The summed E-state index contributed by atoms with van der Waals surface area (Å²) in [5.41, 5.74) is 7.84. The lowest BCUT2D eigenvalue weighted by atomic mass is 10.1. The van der Waals surface area contributed by atoms with E-state index in [1.165, 1.54) is 17.3 Å². The van der Waals surface area contributed by atoms with Gasteiger partial charge in [-0.2, -0.15) is 0 Å². The molecule has 154 valence electrons. The Hall–Kier alpha value is -1.69. The van der Waals surface area contributed by atoms with Gasteiger partial charge in [0, 0.05) is 34.6 Å². The van der Waals surface area contributed by atoms with Gasteiger partial charge in [-0.1, -0.05) is 67.2 Å². The first-order valence-corrected chi connectivity index (χ1v) is 10.7. The number of likely N-dealkylation sites (N-methyl/N-ethyl adjacent to an activating group) is 1. The van der Waals surface area contributed by atoms with E-state index in [0.717, 1.165) is 34.2 Å². The van der Waals surface area contributed by atoms with Crippen molar-refractivity contribution in [1.29, 1.82) is 0 Å². The van der Waals surface area contributed by atoms with Gasteiger partial charge in [0.25, 0.3) is 0 Å². The van der Waals surface area contributed by atoms with E-state index in [2.05, 4.69) is 29.3 Å². The normalized spacial score (nSPS) is 13.6. The van der Waals surface area contributed by atoms with Crippen LogP contribution in [0.1, 0.15) is 38.7 Å². The topological polar surface area (TPSA) is 67.2 Å². The minimum atomic E-state index is 0.0232. The molecule has 0 aromatic heterocycles. The van der Waals surface area contributed by atoms with Crippen molar-refractivity contribution < 1.29 is 4.79 Å². The van der Waals surface area contributed by atoms with Crippen LogP contribution in [0.15, 0.2) is 63.5 Å². The van der Waals surface area contributed by atoms with Crippen molar-refractivity contribution in [2.24, 2.45) is 5.73 Å². The van der Waals surface area contributed by atoms with Crippen LogP contribution in [0, 0.1) is 0 Å². The third kappa shape index (κ3) is 10.0. The quantitative estimate of drug-likeness (QED) is 0.428. The van der Waals surface area contributed by atoms with E-state index in [-0.39, 0.29) is 11.9 Å². The fraction of sp³-hybridized carbons (Fsp3) is 0.409. The number of carbonyl (C=O) groups excluding carboxylic acids is 1. The van der Waals surface area contributed by atoms with E-state index >= 15 is 0 Å². The summed E-state index contributed by atoms with van der Waals surface area (Å²) in [6.45, 7) is 8.62. The van der Waals surface area contributed by atoms with Crippen LogP contribution in [0.3, 0.4) is 0 Å². The molecular weight excluding hydrogens is 390 g/mol. The molecule has 1 atom stereocenters. The summed E-state index contributed by atoms with van der Waals surface area (Å²) in [6, 6.07) is 10.2. The van der Waals surface area contributed by atoms with Crippen molar-refractivity contribution in [3.63, 3.8) is 0 Å². The van der Waals surface area contributed by atoms with Crippen LogP contribution in [-0.4, -0.2) is 25.5 Å². The van der Waals surface area contributed by atoms with Crippen molar-refractivity contribution in [2.45, 2.75) is 45.6 Å². The lowest BCUT2D eigenvalue weighted by Crippen LogP contribution is -2.42. The van der Waals surface area contributed by atoms with Gasteiger partial charge in [-0.25, -0.2) is 0 Å². The Labute approximate surface area is 178 Å². The monoisotopic (exact) mass is 421 g/mol. The average molecular weight is 422 g/mol. The van der Waals surface area contributed by atoms with Crippen molar-refractivity contribution in [3.05, 3.63) is 69.1 Å². The second-order valence-corrected chi connectivity index (χ2v) is 8.35. The third-order valence-electron chi connectivity index (χ3n) is 4.04. The molecule has 4 nitrogen and oxygen atoms in total. The zero-order chi connectivity index (χ0) is 20.9. The largest absolute Gasteiger partial charge is 0.401 e. The smallest absolute Gasteiger partial charge is 0.220 e. The average Bonchev–Trinajstić information content (AvgIpc) is 2.66. The van der Waals surface area contributed by atoms with Crippen molar-refractivity contribution >= 4 is 29.3 Å². The SMILES string of the molecule is C=C(CCC(=O)NC(CNC)Cc1ccccc1)SC(/C=C(/Cl)CC)=C(/C)N. The van der Waals surface area contributed by atoms with Crippen LogP contribution >= 0.6 is 23.4 Å². The van der Waals surface area contributed by atoms with Gasteiger partial charge in [0.05, 0.1) is 0 Å². The minimum Gasteiger partial charge on any atom is -0.401 e. The molecule has 1 rings (SSSR count). The Balaban J connectivity index is 2.54. The maximum absolute atomic E-state index is 12.4. The Morgan fingerprint density at radius 1 is 1.32 bits per heavy atom.